The molecule has 18 heavy (non-hydrogen) atoms. The molecule has 0 aliphatic rings. The highest BCUT2D eigenvalue weighted by Gasteiger charge is 2.09. The highest BCUT2D eigenvalue weighted by atomic mass is 35.5. The lowest BCUT2D eigenvalue weighted by atomic mass is 10.2. The second-order valence-electron chi connectivity index (χ2n) is 3.51. The molecule has 1 aromatic heterocycles. The van der Waals surface area contributed by atoms with E-state index in [1.807, 2.05) is 0 Å². The Morgan fingerprint density at radius 1 is 1.33 bits per heavy atom. The van der Waals surface area contributed by atoms with E-state index < -0.39 is 5.82 Å². The topological polar surface area (TPSA) is 50.9 Å². The number of rotatable bonds is 3. The Labute approximate surface area is 114 Å². The molecule has 6 heteroatoms. The van der Waals surface area contributed by atoms with Crippen LogP contribution in [0.4, 0.5) is 15.8 Å². The van der Waals surface area contributed by atoms with Crippen molar-refractivity contribution in [3.8, 4) is 0 Å². The molecule has 3 N–H and O–H groups in total. The van der Waals surface area contributed by atoms with E-state index in [0.717, 1.165) is 0 Å². The quantitative estimate of drug-likeness (QED) is 0.848. The molecule has 0 aliphatic carbocycles. The fourth-order valence-electron chi connectivity index (χ4n) is 1.45. The molecule has 3 nitrogen and oxygen atoms in total. The lowest BCUT2D eigenvalue weighted by Gasteiger charge is -2.11. The van der Waals surface area contributed by atoms with Crippen molar-refractivity contribution in [2.75, 3.05) is 5.32 Å². The number of benzene rings is 1. The normalized spacial score (nSPS) is 10.1. The van der Waals surface area contributed by atoms with Gasteiger partial charge in [0.25, 0.3) is 0 Å². The molecule has 0 bridgehead atoms. The Kier molecular flexibility index (Phi) is 3.74. The van der Waals surface area contributed by atoms with E-state index in [0.29, 0.717) is 11.3 Å². The van der Waals surface area contributed by atoms with Gasteiger partial charge < -0.3 is 11.1 Å². The van der Waals surface area contributed by atoms with Crippen LogP contribution < -0.4 is 11.1 Å². The lowest BCUT2D eigenvalue weighted by Crippen LogP contribution is -2.12. The van der Waals surface area contributed by atoms with Crippen LogP contribution in [0, 0.1) is 5.82 Å². The third-order valence-electron chi connectivity index (χ3n) is 2.31. The third-order valence-corrected chi connectivity index (χ3v) is 2.82. The van der Waals surface area contributed by atoms with Gasteiger partial charge in [-0.05, 0) is 18.2 Å². The van der Waals surface area contributed by atoms with Gasteiger partial charge in [-0.15, -0.1) is 0 Å². The van der Waals surface area contributed by atoms with Crippen LogP contribution in [0.5, 0.6) is 0 Å². The lowest BCUT2D eigenvalue weighted by molar-refractivity contribution is 0.632. The zero-order chi connectivity index (χ0) is 13.1. The first-order valence-electron chi connectivity index (χ1n) is 5.04. The molecule has 1 heterocycles. The summed E-state index contributed by atoms with van der Waals surface area (Å²) in [6.07, 6.45) is 3.09. The standard InChI is InChI=1S/C12H9ClFN3S/c13-8-2-1-3-9(11(8)14)17-10-6-16-5-4-7(10)12(15)18/h1-6,17H,(H2,15,18). The van der Waals surface area contributed by atoms with Crippen LogP contribution in [0.15, 0.2) is 36.7 Å². The summed E-state index contributed by atoms with van der Waals surface area (Å²) in [5, 5.41) is 2.92. The van der Waals surface area contributed by atoms with Crippen LogP contribution in [0.3, 0.4) is 0 Å². The van der Waals surface area contributed by atoms with E-state index in [9.17, 15) is 4.39 Å². The summed E-state index contributed by atoms with van der Waals surface area (Å²) in [6.45, 7) is 0. The zero-order valence-electron chi connectivity index (χ0n) is 9.15. The largest absolute Gasteiger partial charge is 0.389 e. The molecule has 0 aliphatic heterocycles. The molecule has 0 unspecified atom stereocenters. The van der Waals surface area contributed by atoms with Crippen molar-refractivity contribution in [2.24, 2.45) is 5.73 Å². The maximum absolute atomic E-state index is 13.7. The molecule has 2 rings (SSSR count). The minimum Gasteiger partial charge on any atom is -0.389 e. The van der Waals surface area contributed by atoms with E-state index in [2.05, 4.69) is 10.3 Å². The van der Waals surface area contributed by atoms with Gasteiger partial charge in [0, 0.05) is 11.8 Å². The van der Waals surface area contributed by atoms with Gasteiger partial charge in [-0.25, -0.2) is 4.39 Å². The Balaban J connectivity index is 2.40. The predicted molar refractivity (Wildman–Crippen MR) is 74.8 cm³/mol. The third kappa shape index (κ3) is 2.57. The summed E-state index contributed by atoms with van der Waals surface area (Å²) < 4.78 is 13.7. The fourth-order valence-corrected chi connectivity index (χ4v) is 1.81. The molecule has 92 valence electrons. The number of pyridine rings is 1. The molecule has 0 atom stereocenters. The average Bonchev–Trinajstić information content (AvgIpc) is 2.35. The minimum atomic E-state index is -0.531. The van der Waals surface area contributed by atoms with Gasteiger partial charge in [-0.2, -0.15) is 0 Å². The van der Waals surface area contributed by atoms with Crippen LogP contribution in [0.1, 0.15) is 5.56 Å². The van der Waals surface area contributed by atoms with E-state index >= 15 is 0 Å². The van der Waals surface area contributed by atoms with Crippen LogP contribution in [0.25, 0.3) is 0 Å². The summed E-state index contributed by atoms with van der Waals surface area (Å²) >= 11 is 10.6. The molecule has 1 aromatic carbocycles. The number of nitrogens with two attached hydrogens (primary N) is 1. The molecular formula is C12H9ClFN3S. The molecule has 0 fully saturated rings. The number of aromatic nitrogens is 1. The zero-order valence-corrected chi connectivity index (χ0v) is 10.7. The number of thiocarbonyl (C=S) groups is 1. The first-order valence-corrected chi connectivity index (χ1v) is 5.83. The number of nitrogens with one attached hydrogen (secondary N) is 1. The summed E-state index contributed by atoms with van der Waals surface area (Å²) in [5.74, 6) is -0.531. The van der Waals surface area contributed by atoms with Crippen molar-refractivity contribution in [1.29, 1.82) is 0 Å². The molecule has 0 radical (unpaired) electrons. The van der Waals surface area contributed by atoms with Crippen LogP contribution in [-0.4, -0.2) is 9.97 Å². The summed E-state index contributed by atoms with van der Waals surface area (Å²) in [7, 11) is 0. The molecule has 0 saturated heterocycles. The summed E-state index contributed by atoms with van der Waals surface area (Å²) in [6, 6.07) is 6.34. The summed E-state index contributed by atoms with van der Waals surface area (Å²) in [5.41, 5.74) is 6.95. The fraction of sp³-hybridized carbons (Fsp3) is 0. The van der Waals surface area contributed by atoms with E-state index in [1.54, 1.807) is 24.4 Å². The minimum absolute atomic E-state index is 0.0424. The summed E-state index contributed by atoms with van der Waals surface area (Å²) in [4.78, 5) is 4.15. The Hall–Kier alpha value is -1.72. The van der Waals surface area contributed by atoms with Crippen molar-refractivity contribution in [3.63, 3.8) is 0 Å². The van der Waals surface area contributed by atoms with Crippen molar-refractivity contribution < 1.29 is 4.39 Å². The van der Waals surface area contributed by atoms with E-state index in [1.165, 1.54) is 12.3 Å². The monoisotopic (exact) mass is 281 g/mol. The Morgan fingerprint density at radius 2 is 2.11 bits per heavy atom. The smallest absolute Gasteiger partial charge is 0.165 e. The highest BCUT2D eigenvalue weighted by molar-refractivity contribution is 7.80. The van der Waals surface area contributed by atoms with Crippen LogP contribution in [0.2, 0.25) is 5.02 Å². The number of hydrogen-bond acceptors (Lipinski definition) is 3. The molecule has 0 saturated carbocycles. The number of halogens is 2. The van der Waals surface area contributed by atoms with Gasteiger partial charge in [0.15, 0.2) is 5.82 Å². The number of hydrogen-bond donors (Lipinski definition) is 2. The van der Waals surface area contributed by atoms with Gasteiger partial charge in [0.2, 0.25) is 0 Å². The van der Waals surface area contributed by atoms with E-state index in [-0.39, 0.29) is 15.7 Å². The first kappa shape index (κ1) is 12.7. The SMILES string of the molecule is NC(=S)c1ccncc1Nc1cccc(Cl)c1F. The van der Waals surface area contributed by atoms with Crippen molar-refractivity contribution in [3.05, 3.63) is 53.1 Å². The van der Waals surface area contributed by atoms with Crippen molar-refractivity contribution in [1.82, 2.24) is 4.98 Å². The maximum atomic E-state index is 13.7. The van der Waals surface area contributed by atoms with E-state index in [4.69, 9.17) is 29.6 Å². The second-order valence-corrected chi connectivity index (χ2v) is 4.36. The number of anilines is 2. The van der Waals surface area contributed by atoms with Crippen molar-refractivity contribution >= 4 is 40.2 Å². The molecular weight excluding hydrogens is 273 g/mol. The van der Waals surface area contributed by atoms with Gasteiger partial charge in [-0.1, -0.05) is 29.9 Å². The maximum Gasteiger partial charge on any atom is 0.165 e. The molecule has 0 spiro atoms. The van der Waals surface area contributed by atoms with Gasteiger partial charge in [-0.3, -0.25) is 4.98 Å². The van der Waals surface area contributed by atoms with Crippen LogP contribution >= 0.6 is 23.8 Å². The van der Waals surface area contributed by atoms with Gasteiger partial charge >= 0.3 is 0 Å². The molecule has 2 aromatic rings. The molecule has 0 amide bonds. The Morgan fingerprint density at radius 3 is 2.83 bits per heavy atom. The second kappa shape index (κ2) is 5.29. The van der Waals surface area contributed by atoms with Crippen molar-refractivity contribution in [2.45, 2.75) is 0 Å². The first-order chi connectivity index (χ1) is 8.59. The van der Waals surface area contributed by atoms with Crippen LogP contribution in [-0.2, 0) is 0 Å². The van der Waals surface area contributed by atoms with Gasteiger partial charge in [0.1, 0.15) is 4.99 Å². The Bertz CT molecular complexity index is 604. The highest BCUT2D eigenvalue weighted by Crippen LogP contribution is 2.26. The number of nitrogens with zero attached hydrogens (tertiary/aromatic N) is 1. The predicted octanol–water partition coefficient (Wildman–Crippen LogP) is 3.25. The van der Waals surface area contributed by atoms with Gasteiger partial charge in [0.05, 0.1) is 22.6 Å². The average molecular weight is 282 g/mol.